The number of hydrogen-bond acceptors (Lipinski definition) is 4. The Labute approximate surface area is 130 Å². The topological polar surface area (TPSA) is 62.7 Å². The second-order valence-electron chi connectivity index (χ2n) is 4.43. The van der Waals surface area contributed by atoms with E-state index in [0.29, 0.717) is 5.16 Å². The number of hydrogen-bond donors (Lipinski definition) is 2. The molecule has 2 N–H and O–H groups in total. The van der Waals surface area contributed by atoms with Crippen LogP contribution in [0.25, 0.3) is 0 Å². The summed E-state index contributed by atoms with van der Waals surface area (Å²) >= 11 is 4.99. The summed E-state index contributed by atoms with van der Waals surface area (Å²) in [6.07, 6.45) is 0. The fraction of sp³-hybridized carbons (Fsp3) is 0.385. The zero-order valence-electron chi connectivity index (χ0n) is 11.6. The Morgan fingerprint density at radius 3 is 2.90 bits per heavy atom. The van der Waals surface area contributed by atoms with Gasteiger partial charge in [-0.05, 0) is 49.0 Å². The molecule has 0 aliphatic rings. The minimum atomic E-state index is -0.203. The van der Waals surface area contributed by atoms with E-state index in [-0.39, 0.29) is 11.7 Å². The lowest BCUT2D eigenvalue weighted by molar-refractivity contribution is 0.589. The molecular formula is C13H17BrN4OS. The standard InChI is InChI=1S/C13H17BrN4OS/c1-4-15-8(2)10-7-9(14)5-6-11(10)20-13-17-16-12(19)18(13)3/h5-8,15H,4H2,1-3H3,(H,16,19). The van der Waals surface area contributed by atoms with Crippen LogP contribution in [0.15, 0.2) is 37.5 Å². The molecule has 1 aromatic carbocycles. The first-order chi connectivity index (χ1) is 9.52. The first kappa shape index (κ1) is 15.3. The molecule has 0 fully saturated rings. The van der Waals surface area contributed by atoms with Crippen LogP contribution < -0.4 is 11.0 Å². The van der Waals surface area contributed by atoms with Crippen LogP contribution in [0.3, 0.4) is 0 Å². The van der Waals surface area contributed by atoms with Gasteiger partial charge in [0, 0.05) is 22.5 Å². The molecule has 1 aromatic heterocycles. The molecule has 0 saturated carbocycles. The second kappa shape index (κ2) is 6.60. The smallest absolute Gasteiger partial charge is 0.310 e. The molecule has 0 bridgehead atoms. The molecular weight excluding hydrogens is 340 g/mol. The van der Waals surface area contributed by atoms with E-state index in [1.807, 2.05) is 12.1 Å². The number of nitrogens with one attached hydrogen (secondary N) is 2. The van der Waals surface area contributed by atoms with E-state index in [0.717, 1.165) is 15.9 Å². The highest BCUT2D eigenvalue weighted by Gasteiger charge is 2.14. The monoisotopic (exact) mass is 356 g/mol. The van der Waals surface area contributed by atoms with Crippen LogP contribution in [0.5, 0.6) is 0 Å². The Bertz CT molecular complexity index is 652. The normalized spacial score (nSPS) is 12.6. The quantitative estimate of drug-likeness (QED) is 0.864. The van der Waals surface area contributed by atoms with Crippen molar-refractivity contribution in [3.8, 4) is 0 Å². The molecule has 0 spiro atoms. The number of aromatic nitrogens is 3. The van der Waals surface area contributed by atoms with Crippen molar-refractivity contribution in [2.24, 2.45) is 7.05 Å². The van der Waals surface area contributed by atoms with Crippen LogP contribution in [0, 0.1) is 0 Å². The third kappa shape index (κ3) is 3.34. The Kier molecular flexibility index (Phi) is 5.06. The summed E-state index contributed by atoms with van der Waals surface area (Å²) in [5.74, 6) is 0. The fourth-order valence-corrected chi connectivity index (χ4v) is 3.27. The van der Waals surface area contributed by atoms with Gasteiger partial charge in [0.2, 0.25) is 0 Å². The summed E-state index contributed by atoms with van der Waals surface area (Å²) in [6, 6.07) is 6.36. The molecule has 108 valence electrons. The van der Waals surface area contributed by atoms with Gasteiger partial charge in [0.05, 0.1) is 0 Å². The zero-order chi connectivity index (χ0) is 14.7. The number of benzene rings is 1. The van der Waals surface area contributed by atoms with Crippen molar-refractivity contribution in [1.82, 2.24) is 20.1 Å². The van der Waals surface area contributed by atoms with Crippen LogP contribution >= 0.6 is 27.7 Å². The van der Waals surface area contributed by atoms with Gasteiger partial charge in [0.25, 0.3) is 0 Å². The lowest BCUT2D eigenvalue weighted by Crippen LogP contribution is -2.18. The number of H-pyrrole nitrogens is 1. The minimum absolute atomic E-state index is 0.203. The molecule has 0 radical (unpaired) electrons. The maximum absolute atomic E-state index is 11.4. The SMILES string of the molecule is CCNC(C)c1cc(Br)ccc1Sc1n[nH]c(=O)n1C. The molecule has 0 aliphatic carbocycles. The van der Waals surface area contributed by atoms with Crippen molar-refractivity contribution < 1.29 is 0 Å². The number of aromatic amines is 1. The highest BCUT2D eigenvalue weighted by molar-refractivity contribution is 9.10. The highest BCUT2D eigenvalue weighted by Crippen LogP contribution is 2.33. The van der Waals surface area contributed by atoms with E-state index in [1.165, 1.54) is 21.9 Å². The van der Waals surface area contributed by atoms with E-state index in [1.54, 1.807) is 7.05 Å². The first-order valence-corrected chi connectivity index (χ1v) is 7.96. The van der Waals surface area contributed by atoms with Crippen LogP contribution in [0.2, 0.25) is 0 Å². The van der Waals surface area contributed by atoms with Crippen molar-refractivity contribution in [2.45, 2.75) is 29.9 Å². The van der Waals surface area contributed by atoms with E-state index in [4.69, 9.17) is 0 Å². The second-order valence-corrected chi connectivity index (χ2v) is 6.36. The number of rotatable bonds is 5. The van der Waals surface area contributed by atoms with Gasteiger partial charge in [-0.1, -0.05) is 22.9 Å². The molecule has 0 saturated heterocycles. The fourth-order valence-electron chi connectivity index (χ4n) is 1.89. The molecule has 2 rings (SSSR count). The minimum Gasteiger partial charge on any atom is -0.310 e. The van der Waals surface area contributed by atoms with Gasteiger partial charge in [-0.15, -0.1) is 5.10 Å². The maximum atomic E-state index is 11.4. The van der Waals surface area contributed by atoms with Crippen molar-refractivity contribution in [2.75, 3.05) is 6.54 Å². The number of halogens is 1. The van der Waals surface area contributed by atoms with Crippen LogP contribution in [-0.4, -0.2) is 21.3 Å². The van der Waals surface area contributed by atoms with Gasteiger partial charge < -0.3 is 5.32 Å². The van der Waals surface area contributed by atoms with Gasteiger partial charge >= 0.3 is 5.69 Å². The molecule has 2 aromatic rings. The van der Waals surface area contributed by atoms with Crippen molar-refractivity contribution in [3.63, 3.8) is 0 Å². The molecule has 7 heteroatoms. The highest BCUT2D eigenvalue weighted by atomic mass is 79.9. The summed E-state index contributed by atoms with van der Waals surface area (Å²) in [4.78, 5) is 12.5. The van der Waals surface area contributed by atoms with Gasteiger partial charge in [0.1, 0.15) is 0 Å². The molecule has 5 nitrogen and oxygen atoms in total. The van der Waals surface area contributed by atoms with E-state index >= 15 is 0 Å². The zero-order valence-corrected chi connectivity index (χ0v) is 14.0. The largest absolute Gasteiger partial charge is 0.343 e. The summed E-state index contributed by atoms with van der Waals surface area (Å²) in [6.45, 7) is 5.11. The van der Waals surface area contributed by atoms with Crippen molar-refractivity contribution in [1.29, 1.82) is 0 Å². The molecule has 0 aliphatic heterocycles. The van der Waals surface area contributed by atoms with Crippen LogP contribution in [-0.2, 0) is 7.05 Å². The average molecular weight is 357 g/mol. The molecule has 20 heavy (non-hydrogen) atoms. The van der Waals surface area contributed by atoms with Gasteiger partial charge in [-0.2, -0.15) is 0 Å². The average Bonchev–Trinajstić information content (AvgIpc) is 2.73. The van der Waals surface area contributed by atoms with Gasteiger partial charge in [0.15, 0.2) is 5.16 Å². The van der Waals surface area contributed by atoms with Crippen LogP contribution in [0.4, 0.5) is 0 Å². The summed E-state index contributed by atoms with van der Waals surface area (Å²) in [5.41, 5.74) is 0.979. The van der Waals surface area contributed by atoms with Crippen LogP contribution in [0.1, 0.15) is 25.5 Å². The third-order valence-corrected chi connectivity index (χ3v) is 4.62. The Morgan fingerprint density at radius 2 is 2.30 bits per heavy atom. The lowest BCUT2D eigenvalue weighted by Gasteiger charge is -2.17. The summed E-state index contributed by atoms with van der Waals surface area (Å²) < 4.78 is 2.55. The molecule has 1 unspecified atom stereocenters. The predicted molar refractivity (Wildman–Crippen MR) is 84.2 cm³/mol. The molecule has 0 amide bonds. The van der Waals surface area contributed by atoms with Gasteiger partial charge in [-0.25, -0.2) is 9.89 Å². The van der Waals surface area contributed by atoms with E-state index in [9.17, 15) is 4.79 Å². The lowest BCUT2D eigenvalue weighted by atomic mass is 10.1. The first-order valence-electron chi connectivity index (χ1n) is 6.35. The summed E-state index contributed by atoms with van der Waals surface area (Å²) in [7, 11) is 1.71. The Morgan fingerprint density at radius 1 is 1.55 bits per heavy atom. The van der Waals surface area contributed by atoms with E-state index < -0.39 is 0 Å². The number of nitrogens with zero attached hydrogens (tertiary/aromatic N) is 2. The molecule has 1 heterocycles. The third-order valence-electron chi connectivity index (χ3n) is 2.99. The van der Waals surface area contributed by atoms with E-state index in [2.05, 4.69) is 51.4 Å². The molecule has 1 atom stereocenters. The Hall–Kier alpha value is -1.05. The van der Waals surface area contributed by atoms with Crippen molar-refractivity contribution >= 4 is 27.7 Å². The predicted octanol–water partition coefficient (Wildman–Crippen LogP) is 2.69. The maximum Gasteiger partial charge on any atom is 0.343 e. The van der Waals surface area contributed by atoms with Crippen molar-refractivity contribution in [3.05, 3.63) is 38.7 Å². The van der Waals surface area contributed by atoms with Gasteiger partial charge in [-0.3, -0.25) is 4.57 Å². The Balaban J connectivity index is 2.36. The summed E-state index contributed by atoms with van der Waals surface area (Å²) in [5, 5.41) is 10.5.